The van der Waals surface area contributed by atoms with Gasteiger partial charge in [0.2, 0.25) is 6.29 Å². The quantitative estimate of drug-likeness (QED) is 0.0101. The van der Waals surface area contributed by atoms with Crippen molar-refractivity contribution in [3.63, 3.8) is 0 Å². The number of hydrogen-bond acceptors (Lipinski definition) is 41. The van der Waals surface area contributed by atoms with Crippen molar-refractivity contribution in [3.05, 3.63) is 11.6 Å². The van der Waals surface area contributed by atoms with Crippen molar-refractivity contribution in [2.24, 2.45) is 62.1 Å². The molecule has 42 heteroatoms. The molecule has 7 heterocycles. The highest BCUT2D eigenvalue weighted by molar-refractivity contribution is 5.80. The van der Waals surface area contributed by atoms with Crippen LogP contribution in [-0.2, 0) is 99.8 Å². The monoisotopic (exact) mass is 1870 g/mol. The molecule has 0 radical (unpaired) electrons. The Balaban J connectivity index is 0.804. The topological polar surface area (TPSA) is 658 Å². The van der Waals surface area contributed by atoms with Crippen molar-refractivity contribution >= 4 is 30.2 Å². The Hall–Kier alpha value is -4.03. The number of fused-ring (bicyclic) bond motifs is 7. The number of aliphatic hydroxyl groups excluding tert-OH is 20. The highest BCUT2D eigenvalue weighted by atomic mass is 16.8. The van der Waals surface area contributed by atoms with Crippen LogP contribution in [0.1, 0.15) is 186 Å². The first-order valence-electron chi connectivity index (χ1n) is 45.9. The van der Waals surface area contributed by atoms with E-state index in [1.54, 1.807) is 27.7 Å². The van der Waals surface area contributed by atoms with Crippen LogP contribution in [0, 0.1) is 62.1 Å². The van der Waals surface area contributed by atoms with Crippen molar-refractivity contribution in [2.75, 3.05) is 19.8 Å². The number of aliphatic hydroxyl groups is 20. The molecule has 12 rings (SSSR count). The maximum absolute atomic E-state index is 16.4. The highest BCUT2D eigenvalue weighted by Crippen LogP contribution is 2.76. The number of carboxylic acid groups (broad SMARTS) is 1. The van der Waals surface area contributed by atoms with E-state index in [9.17, 15) is 126 Å². The van der Waals surface area contributed by atoms with E-state index >= 15 is 4.79 Å². The molecule has 0 bridgehead atoms. The molecule has 746 valence electrons. The van der Waals surface area contributed by atoms with Crippen LogP contribution in [0.3, 0.4) is 0 Å². The molecule has 49 atom stereocenters. The zero-order valence-electron chi connectivity index (χ0n) is 75.8. The molecule has 0 amide bonds. The molecule has 7 saturated heterocycles. The third-order valence-electron chi connectivity index (χ3n) is 31.8. The van der Waals surface area contributed by atoms with Gasteiger partial charge in [0.1, 0.15) is 140 Å². The fraction of sp³-hybridized carbons (Fsp3) is 0.920. The van der Waals surface area contributed by atoms with E-state index in [2.05, 4.69) is 26.8 Å². The molecule has 0 aromatic rings. The molecule has 5 aliphatic carbocycles. The molecule has 0 unspecified atom stereocenters. The first-order chi connectivity index (χ1) is 60.9. The van der Waals surface area contributed by atoms with Gasteiger partial charge in [-0.2, -0.15) is 0 Å². The van der Waals surface area contributed by atoms with Crippen molar-refractivity contribution in [3.8, 4) is 0 Å². The molecule has 12 aliphatic rings. The lowest BCUT2D eigenvalue weighted by Crippen LogP contribution is -2.69. The van der Waals surface area contributed by atoms with E-state index in [1.807, 2.05) is 20.8 Å². The average molecular weight is 1870 g/mol. The van der Waals surface area contributed by atoms with Crippen LogP contribution < -0.4 is 0 Å². The van der Waals surface area contributed by atoms with Gasteiger partial charge in [-0.3, -0.25) is 14.4 Å². The summed E-state index contributed by atoms with van der Waals surface area (Å²) in [4.78, 5) is 72.4. The molecule has 0 spiro atoms. The van der Waals surface area contributed by atoms with E-state index in [4.69, 9.17) is 75.8 Å². The maximum Gasteiger partial charge on any atom is 0.335 e. The number of ether oxygens (including phenoxy) is 16. The van der Waals surface area contributed by atoms with Gasteiger partial charge in [0.15, 0.2) is 56.1 Å². The Labute approximate surface area is 753 Å². The van der Waals surface area contributed by atoms with E-state index in [-0.39, 0.29) is 43.9 Å². The molecule has 42 nitrogen and oxygen atoms in total. The van der Waals surface area contributed by atoms with Crippen LogP contribution in [0.4, 0.5) is 0 Å². The normalized spacial score (nSPS) is 48.7. The van der Waals surface area contributed by atoms with Gasteiger partial charge in [-0.1, -0.05) is 93.7 Å². The van der Waals surface area contributed by atoms with Crippen LogP contribution in [-0.4, -0.2) is 397 Å². The Morgan fingerprint density at radius 3 is 1.64 bits per heavy atom. The summed E-state index contributed by atoms with van der Waals surface area (Å²) in [5, 5.41) is 234. The number of carbonyl (C=O) groups is 5. The first-order valence-corrected chi connectivity index (χ1v) is 45.9. The Morgan fingerprint density at radius 2 is 1.02 bits per heavy atom. The van der Waals surface area contributed by atoms with E-state index in [0.29, 0.717) is 51.4 Å². The standard InChI is InChI=1S/C88H142O42/c1-14-34(3)44(119-52(96)26-40(93)25-45(35(4)15-2)120-78-63(107)58(102)47(31-90)121-78)24-39(92)27-53(97)124-69-55(99)37(6)117-80(72(69)128-77-66(110)61(105)68(38(7)118-77)125-75-62(106)56(100)43(94)32-115-75)130-82(114)88-23-22-83(8,9)28-42(88)41-16-17-49-84(10)20-19-51(85(11,33-91)48(84)18-21-86(49,12)87(41,13)29-50(88)95)123-81-73(129-79-65(109)60(104)57(101)46(30-89)122-79)70(67(111)71(127-81)74(112)113)126-76-64(108)59(103)54(98)36(5)116-76/h16,33-40,42-51,54-73,75-81,89-90,92-95,98-111H,14-15,17-32H2,1-13H3,(H,112,113)/t34-,35+,36+,37-,38+,39+,40+,42+,43-,44-,45+,46-,47+,48-,49-,50-,51+,54+,55+,56+,57+,58+,59-,60+,61+,62-,63-,64-,65-,66-,67+,68+,69+,70+,71+,72-,73-,75+,76+,77+,78-,79+,80+,81-,84+,85+,86-,87-,88-/m1/s1. The minimum absolute atomic E-state index is 0.0262. The zero-order chi connectivity index (χ0) is 95.7. The summed E-state index contributed by atoms with van der Waals surface area (Å²) in [6, 6.07) is 0. The molecule has 130 heavy (non-hydrogen) atoms. The second-order valence-corrected chi connectivity index (χ2v) is 40.5. The van der Waals surface area contributed by atoms with Crippen molar-refractivity contribution < 1.29 is 207 Å². The first kappa shape index (κ1) is 105. The molecule has 0 aromatic carbocycles. The number of aldehydes is 1. The van der Waals surface area contributed by atoms with Gasteiger partial charge in [0, 0.05) is 12.8 Å². The highest BCUT2D eigenvalue weighted by Gasteiger charge is 2.74. The van der Waals surface area contributed by atoms with Crippen LogP contribution in [0.25, 0.3) is 0 Å². The number of aliphatic carboxylic acids is 1. The molecule has 21 N–H and O–H groups in total. The average Bonchev–Trinajstić information content (AvgIpc) is 0.733. The van der Waals surface area contributed by atoms with Gasteiger partial charge in [-0.05, 0) is 130 Å². The Morgan fingerprint density at radius 1 is 0.500 bits per heavy atom. The van der Waals surface area contributed by atoms with Gasteiger partial charge in [0.05, 0.1) is 86.9 Å². The third kappa shape index (κ3) is 20.2. The molecule has 11 fully saturated rings. The van der Waals surface area contributed by atoms with Gasteiger partial charge < -0.3 is 188 Å². The second kappa shape index (κ2) is 41.6. The van der Waals surface area contributed by atoms with Gasteiger partial charge >= 0.3 is 23.9 Å². The maximum atomic E-state index is 16.4. The summed E-state index contributed by atoms with van der Waals surface area (Å²) in [6.45, 7) is 21.3. The number of allylic oxidation sites excluding steroid dienone is 2. The molecular weight excluding hydrogens is 1730 g/mol. The number of carbonyl (C=O) groups excluding carboxylic acids is 4. The van der Waals surface area contributed by atoms with Crippen LogP contribution >= 0.6 is 0 Å². The summed E-state index contributed by atoms with van der Waals surface area (Å²) in [6.07, 6.45) is -63.4. The largest absolute Gasteiger partial charge is 0.479 e. The number of esters is 3. The van der Waals surface area contributed by atoms with Crippen LogP contribution in [0.15, 0.2) is 11.6 Å². The lowest BCUT2D eigenvalue weighted by atomic mass is 9.33. The van der Waals surface area contributed by atoms with Crippen molar-refractivity contribution in [2.45, 2.75) is 426 Å². The lowest BCUT2D eigenvalue weighted by molar-refractivity contribution is -0.394. The fourth-order valence-electron chi connectivity index (χ4n) is 23.1. The molecule has 7 aliphatic heterocycles. The molecule has 4 saturated carbocycles. The van der Waals surface area contributed by atoms with E-state index in [1.165, 1.54) is 20.8 Å². The summed E-state index contributed by atoms with van der Waals surface area (Å²) < 4.78 is 97.3. The second-order valence-electron chi connectivity index (χ2n) is 40.5. The Kier molecular flexibility index (Phi) is 33.5. The molecular formula is C88H142O42. The van der Waals surface area contributed by atoms with Crippen molar-refractivity contribution in [1.29, 1.82) is 0 Å². The number of hydrogen-bond donors (Lipinski definition) is 21. The van der Waals surface area contributed by atoms with Crippen LogP contribution in [0.2, 0.25) is 0 Å². The minimum atomic E-state index is -2.27. The summed E-state index contributed by atoms with van der Waals surface area (Å²) in [5.41, 5.74) is -5.45. The van der Waals surface area contributed by atoms with Gasteiger partial charge in [0.25, 0.3) is 0 Å². The number of carboxylic acids is 1. The predicted octanol–water partition coefficient (Wildman–Crippen LogP) is -3.76. The van der Waals surface area contributed by atoms with Gasteiger partial charge in [-0.15, -0.1) is 0 Å². The molecule has 0 aromatic heterocycles. The van der Waals surface area contributed by atoms with E-state index in [0.717, 1.165) is 11.9 Å². The Bertz CT molecular complexity index is 3830. The smallest absolute Gasteiger partial charge is 0.335 e. The summed E-state index contributed by atoms with van der Waals surface area (Å²) in [7, 11) is 0. The fourth-order valence-corrected chi connectivity index (χ4v) is 23.1. The third-order valence-corrected chi connectivity index (χ3v) is 31.8. The SMILES string of the molecule is CC[C@@H](C)[C@@H](C[C@H](O)CC(=O)O[C@H]1[C@@H](O)[C@@H](C)O[C@@H](OC(=O)[C@]23CCC(C)(C)C[C@H]2C2=CC[C@@H]4[C@@]5(C)CC[C@H](O[C@@H]6O[C@H](C(=O)O)[C@@H](O)[C@H](O[C@@H]7O[C@@H](C)[C@H](O)[C@@H](O)[C@H]7O)[C@H]6O[C@@H]6O[C@H](CO)[C@H](O)[C@H](O)[C@H]6O)[C@@](C)(C=O)[C@@H]5CC[C@@]4(C)[C@]2(C)C[C@H]3O)[C@@H]1O[C@@H]1O[C@@H](C)[C@H](O[C@@H]2OC[C@@H](O)[C@H](O)[C@H]2O)[C@@H](O)[C@H]1O)OC(=O)C[C@@H](O)C[C@H](O[C@@H]1O[C@@H](CO)[C@H](O)[C@H]1O)[C@@H](C)CC. The van der Waals surface area contributed by atoms with Gasteiger partial charge in [-0.25, -0.2) is 4.79 Å². The van der Waals surface area contributed by atoms with E-state index < -0.39 is 346 Å². The summed E-state index contributed by atoms with van der Waals surface area (Å²) >= 11 is 0. The van der Waals surface area contributed by atoms with Crippen LogP contribution in [0.5, 0.6) is 0 Å². The summed E-state index contributed by atoms with van der Waals surface area (Å²) in [5.74, 6) is -7.25. The lowest BCUT2D eigenvalue weighted by Gasteiger charge is -2.71. The zero-order valence-corrected chi connectivity index (χ0v) is 75.8. The predicted molar refractivity (Wildman–Crippen MR) is 436 cm³/mol. The van der Waals surface area contributed by atoms with Crippen molar-refractivity contribution in [1.82, 2.24) is 0 Å². The number of rotatable bonds is 32. The minimum Gasteiger partial charge on any atom is -0.479 e.